The van der Waals surface area contributed by atoms with Gasteiger partial charge in [-0.3, -0.25) is 9.59 Å². The van der Waals surface area contributed by atoms with Gasteiger partial charge < -0.3 is 20.2 Å². The molecule has 2 atom stereocenters. The maximum Gasteiger partial charge on any atom is 0.323 e. The average molecular weight is 443 g/mol. The van der Waals surface area contributed by atoms with E-state index < -0.39 is 0 Å². The molecule has 0 radical (unpaired) electrons. The number of piperidine rings is 1. The highest BCUT2D eigenvalue weighted by Crippen LogP contribution is 2.25. The first-order valence-corrected chi connectivity index (χ1v) is 11.3. The van der Waals surface area contributed by atoms with Crippen molar-refractivity contribution in [3.05, 3.63) is 82.3 Å². The summed E-state index contributed by atoms with van der Waals surface area (Å²) in [5, 5.41) is 5.05. The summed E-state index contributed by atoms with van der Waals surface area (Å²) in [4.78, 5) is 45.1. The van der Waals surface area contributed by atoms with Crippen molar-refractivity contribution in [1.29, 1.82) is 0 Å². The zero-order chi connectivity index (χ0) is 22.9. The highest BCUT2D eigenvalue weighted by molar-refractivity contribution is 6.07. The number of likely N-dealkylation sites (tertiary alicyclic amines) is 1. The molecule has 7 nitrogen and oxygen atoms in total. The molecule has 1 fully saturated rings. The maximum absolute atomic E-state index is 13.3. The van der Waals surface area contributed by atoms with Crippen LogP contribution in [0.25, 0.3) is 21.8 Å². The number of fused-ring (bicyclic) bond motifs is 2. The van der Waals surface area contributed by atoms with E-state index in [1.807, 2.05) is 67.6 Å². The number of imidazole rings is 1. The minimum Gasteiger partial charge on any atom is -0.349 e. The highest BCUT2D eigenvalue weighted by atomic mass is 16.2. The van der Waals surface area contributed by atoms with Gasteiger partial charge in [0.15, 0.2) is 0 Å². The van der Waals surface area contributed by atoms with E-state index in [4.69, 9.17) is 0 Å². The number of benzene rings is 3. The fourth-order valence-corrected chi connectivity index (χ4v) is 4.69. The van der Waals surface area contributed by atoms with Crippen molar-refractivity contribution in [2.24, 2.45) is 5.92 Å². The Kier molecular flexibility index (Phi) is 5.46. The number of H-pyrrole nitrogens is 2. The van der Waals surface area contributed by atoms with E-state index in [-0.39, 0.29) is 29.5 Å². The SMILES string of the molecule is CC(NC(=O)C1CCCN(C(=O)c2cccc3ccccc23)C1)c1ccc2[nH]c(=O)[nH]c2c1. The minimum absolute atomic E-state index is 0.0285. The van der Waals surface area contributed by atoms with Crippen LogP contribution < -0.4 is 11.0 Å². The third-order valence-corrected chi connectivity index (χ3v) is 6.50. The molecule has 1 aliphatic rings. The Morgan fingerprint density at radius 3 is 2.70 bits per heavy atom. The molecule has 3 N–H and O–H groups in total. The first kappa shape index (κ1) is 21.0. The number of hydrogen-bond acceptors (Lipinski definition) is 3. The smallest absolute Gasteiger partial charge is 0.323 e. The summed E-state index contributed by atoms with van der Waals surface area (Å²) in [6.45, 7) is 2.98. The van der Waals surface area contributed by atoms with Gasteiger partial charge in [0.1, 0.15) is 0 Å². The second-order valence-electron chi connectivity index (χ2n) is 8.73. The van der Waals surface area contributed by atoms with Crippen LogP contribution >= 0.6 is 0 Å². The quantitative estimate of drug-likeness (QED) is 0.449. The van der Waals surface area contributed by atoms with E-state index in [2.05, 4.69) is 15.3 Å². The van der Waals surface area contributed by atoms with E-state index in [1.54, 1.807) is 4.90 Å². The molecule has 5 rings (SSSR count). The summed E-state index contributed by atoms with van der Waals surface area (Å²) < 4.78 is 0. The molecule has 1 aliphatic heterocycles. The summed E-state index contributed by atoms with van der Waals surface area (Å²) >= 11 is 0. The molecule has 0 spiro atoms. The molecule has 0 aliphatic carbocycles. The number of hydrogen-bond donors (Lipinski definition) is 3. The first-order valence-electron chi connectivity index (χ1n) is 11.3. The fraction of sp³-hybridized carbons (Fsp3) is 0.269. The molecule has 0 saturated carbocycles. The first-order chi connectivity index (χ1) is 16.0. The number of nitrogens with zero attached hydrogens (tertiary/aromatic N) is 1. The Morgan fingerprint density at radius 1 is 1.03 bits per heavy atom. The summed E-state index contributed by atoms with van der Waals surface area (Å²) in [5.41, 5.74) is 2.78. The van der Waals surface area contributed by atoms with Crippen LogP contribution in [0.15, 0.2) is 65.5 Å². The van der Waals surface area contributed by atoms with E-state index in [0.717, 1.165) is 34.7 Å². The van der Waals surface area contributed by atoms with Crippen molar-refractivity contribution in [1.82, 2.24) is 20.2 Å². The molecule has 2 unspecified atom stereocenters. The molecular formula is C26H26N4O3. The summed E-state index contributed by atoms with van der Waals surface area (Å²) in [5.74, 6) is -0.337. The second kappa shape index (κ2) is 8.58. The van der Waals surface area contributed by atoms with Crippen molar-refractivity contribution in [2.75, 3.05) is 13.1 Å². The number of rotatable bonds is 4. The average Bonchev–Trinajstić information content (AvgIpc) is 3.22. The van der Waals surface area contributed by atoms with E-state index in [1.165, 1.54) is 0 Å². The van der Waals surface area contributed by atoms with Crippen LogP contribution in [0, 0.1) is 5.92 Å². The number of carbonyl (C=O) groups excluding carboxylic acids is 2. The number of nitrogens with one attached hydrogen (secondary N) is 3. The molecule has 0 bridgehead atoms. The van der Waals surface area contributed by atoms with Crippen molar-refractivity contribution in [3.63, 3.8) is 0 Å². The Balaban J connectivity index is 1.29. The normalized spacial score (nSPS) is 17.2. The van der Waals surface area contributed by atoms with Gasteiger partial charge in [-0.25, -0.2) is 4.79 Å². The van der Waals surface area contributed by atoms with E-state index >= 15 is 0 Å². The zero-order valence-corrected chi connectivity index (χ0v) is 18.4. The monoisotopic (exact) mass is 442 g/mol. The predicted octanol–water partition coefficient (Wildman–Crippen LogP) is 3.74. The fourth-order valence-electron chi connectivity index (χ4n) is 4.69. The van der Waals surface area contributed by atoms with Crippen LogP contribution in [0.3, 0.4) is 0 Å². The van der Waals surface area contributed by atoms with Crippen molar-refractivity contribution in [2.45, 2.75) is 25.8 Å². The van der Waals surface area contributed by atoms with Gasteiger partial charge in [-0.1, -0.05) is 42.5 Å². The summed E-state index contributed by atoms with van der Waals surface area (Å²) in [7, 11) is 0. The lowest BCUT2D eigenvalue weighted by Gasteiger charge is -2.33. The van der Waals surface area contributed by atoms with Crippen LogP contribution in [0.5, 0.6) is 0 Å². The number of carbonyl (C=O) groups is 2. The van der Waals surface area contributed by atoms with Crippen LogP contribution in [0.4, 0.5) is 0 Å². The van der Waals surface area contributed by atoms with E-state index in [0.29, 0.717) is 24.2 Å². The lowest BCUT2D eigenvalue weighted by molar-refractivity contribution is -0.127. The van der Waals surface area contributed by atoms with Gasteiger partial charge in [0, 0.05) is 18.7 Å². The maximum atomic E-state index is 13.3. The Bertz CT molecular complexity index is 1400. The topological polar surface area (TPSA) is 98.1 Å². The largest absolute Gasteiger partial charge is 0.349 e. The molecule has 4 aromatic rings. The zero-order valence-electron chi connectivity index (χ0n) is 18.4. The van der Waals surface area contributed by atoms with Gasteiger partial charge in [0.2, 0.25) is 5.91 Å². The lowest BCUT2D eigenvalue weighted by Crippen LogP contribution is -2.45. The molecule has 2 heterocycles. The minimum atomic E-state index is -0.254. The Hall–Kier alpha value is -3.87. The highest BCUT2D eigenvalue weighted by Gasteiger charge is 2.30. The molecule has 7 heteroatoms. The van der Waals surface area contributed by atoms with Gasteiger partial charge in [0.05, 0.1) is 23.0 Å². The van der Waals surface area contributed by atoms with Gasteiger partial charge in [-0.2, -0.15) is 0 Å². The van der Waals surface area contributed by atoms with Crippen LogP contribution in [0.2, 0.25) is 0 Å². The second-order valence-corrected chi connectivity index (χ2v) is 8.73. The molecule has 168 valence electrons. The molecule has 2 amide bonds. The van der Waals surface area contributed by atoms with Crippen LogP contribution in [0.1, 0.15) is 41.7 Å². The number of amides is 2. The van der Waals surface area contributed by atoms with Crippen molar-refractivity contribution in [3.8, 4) is 0 Å². The molecule has 1 saturated heterocycles. The third kappa shape index (κ3) is 4.14. The van der Waals surface area contributed by atoms with Gasteiger partial charge in [0.25, 0.3) is 5.91 Å². The van der Waals surface area contributed by atoms with Gasteiger partial charge in [-0.15, -0.1) is 0 Å². The lowest BCUT2D eigenvalue weighted by atomic mass is 9.95. The number of aromatic nitrogens is 2. The predicted molar refractivity (Wildman–Crippen MR) is 128 cm³/mol. The standard InChI is InChI=1S/C26H26N4O3/c1-16(18-11-12-22-23(14-18)29-26(33)28-22)27-24(31)19-8-5-13-30(15-19)25(32)21-10-4-7-17-6-2-3-9-20(17)21/h2-4,6-7,9-12,14,16,19H,5,8,13,15H2,1H3,(H,27,31)(H2,28,29,33). The molecule has 33 heavy (non-hydrogen) atoms. The molecular weight excluding hydrogens is 416 g/mol. The van der Waals surface area contributed by atoms with Gasteiger partial charge >= 0.3 is 5.69 Å². The Morgan fingerprint density at radius 2 is 1.82 bits per heavy atom. The summed E-state index contributed by atoms with van der Waals surface area (Å²) in [6, 6.07) is 19.0. The Labute approximate surface area is 190 Å². The van der Waals surface area contributed by atoms with Crippen LogP contribution in [-0.2, 0) is 4.79 Å². The van der Waals surface area contributed by atoms with Gasteiger partial charge in [-0.05, 0) is 54.3 Å². The molecule has 3 aromatic carbocycles. The van der Waals surface area contributed by atoms with Crippen molar-refractivity contribution < 1.29 is 9.59 Å². The third-order valence-electron chi connectivity index (χ3n) is 6.50. The summed E-state index contributed by atoms with van der Waals surface area (Å²) in [6.07, 6.45) is 1.54. The molecule has 1 aromatic heterocycles. The van der Waals surface area contributed by atoms with Crippen molar-refractivity contribution >= 4 is 33.6 Å². The van der Waals surface area contributed by atoms with E-state index in [9.17, 15) is 14.4 Å². The number of aromatic amines is 2. The van der Waals surface area contributed by atoms with Crippen LogP contribution in [-0.4, -0.2) is 39.8 Å².